The van der Waals surface area contributed by atoms with Crippen molar-refractivity contribution in [1.29, 1.82) is 0 Å². The fourth-order valence-electron chi connectivity index (χ4n) is 7.69. The summed E-state index contributed by atoms with van der Waals surface area (Å²) in [6.45, 7) is 4.62. The molecule has 1 aliphatic carbocycles. The summed E-state index contributed by atoms with van der Waals surface area (Å²) in [6, 6.07) is 48.9. The van der Waals surface area contributed by atoms with Crippen LogP contribution in [0.2, 0.25) is 0 Å². The topological polar surface area (TPSA) is 51.8 Å². The Morgan fingerprint density at radius 3 is 1.94 bits per heavy atom. The molecule has 0 amide bonds. The van der Waals surface area contributed by atoms with E-state index in [2.05, 4.69) is 123 Å². The molecule has 0 radical (unpaired) electrons. The van der Waals surface area contributed by atoms with E-state index in [1.807, 2.05) is 30.3 Å². The Balaban J connectivity index is 1.18. The average molecular weight is 616 g/mol. The van der Waals surface area contributed by atoms with E-state index in [0.29, 0.717) is 17.5 Å². The van der Waals surface area contributed by atoms with Crippen molar-refractivity contribution in [2.75, 3.05) is 0 Å². The number of fused-ring (bicyclic) bond motifs is 9. The standard InChI is InChI=1S/C44H29N3O/c1-44(2)37-19-11-10-18-32(37)34-25-40-35(24-38(34)44)33-21-20-28(23-39(33)48-40)42-45-41(26-12-4-3-5-13-26)46-43(47-42)36-22-27-14-6-7-15-29(27)30-16-8-9-17-31(30)36/h3-25H,1-2H3. The Hall–Kier alpha value is -6.13. The molecule has 0 atom stereocenters. The molecule has 0 saturated heterocycles. The van der Waals surface area contributed by atoms with Crippen LogP contribution >= 0.6 is 0 Å². The summed E-state index contributed by atoms with van der Waals surface area (Å²) < 4.78 is 6.59. The maximum absolute atomic E-state index is 6.59. The molecular weight excluding hydrogens is 587 g/mol. The normalized spacial score (nSPS) is 13.4. The van der Waals surface area contributed by atoms with Crippen molar-refractivity contribution >= 4 is 43.5 Å². The molecule has 0 fully saturated rings. The van der Waals surface area contributed by atoms with E-state index in [1.54, 1.807) is 0 Å². The maximum atomic E-state index is 6.59. The molecule has 0 spiro atoms. The van der Waals surface area contributed by atoms with Gasteiger partial charge in [-0.05, 0) is 74.1 Å². The maximum Gasteiger partial charge on any atom is 0.164 e. The van der Waals surface area contributed by atoms with Crippen LogP contribution < -0.4 is 0 Å². The van der Waals surface area contributed by atoms with Crippen molar-refractivity contribution in [2.45, 2.75) is 19.3 Å². The van der Waals surface area contributed by atoms with Gasteiger partial charge in [-0.25, -0.2) is 15.0 Å². The SMILES string of the molecule is CC1(C)c2ccccc2-c2cc3oc4cc(-c5nc(-c6ccccc6)nc(-c6cc7ccccc7c7ccccc67)n5)ccc4c3cc21. The first kappa shape index (κ1) is 27.0. The average Bonchev–Trinajstić information content (AvgIpc) is 3.61. The third-order valence-electron chi connectivity index (χ3n) is 10.1. The Bertz CT molecular complexity index is 2760. The molecule has 4 nitrogen and oxygen atoms in total. The van der Waals surface area contributed by atoms with Crippen LogP contribution in [0.3, 0.4) is 0 Å². The molecule has 9 aromatic rings. The van der Waals surface area contributed by atoms with Crippen LogP contribution in [0.1, 0.15) is 25.0 Å². The highest BCUT2D eigenvalue weighted by Crippen LogP contribution is 2.50. The van der Waals surface area contributed by atoms with Crippen molar-refractivity contribution in [3.05, 3.63) is 151 Å². The van der Waals surface area contributed by atoms with Gasteiger partial charge in [0.15, 0.2) is 17.5 Å². The summed E-state index contributed by atoms with van der Waals surface area (Å²) >= 11 is 0. The first-order chi connectivity index (χ1) is 23.5. The van der Waals surface area contributed by atoms with Gasteiger partial charge in [0, 0.05) is 32.9 Å². The van der Waals surface area contributed by atoms with E-state index in [-0.39, 0.29) is 5.41 Å². The number of nitrogens with zero attached hydrogens (tertiary/aromatic N) is 3. The second-order valence-corrected chi connectivity index (χ2v) is 13.2. The Kier molecular flexibility index (Phi) is 5.59. The Labute approximate surface area is 277 Å². The minimum Gasteiger partial charge on any atom is -0.456 e. The summed E-state index contributed by atoms with van der Waals surface area (Å²) in [6.07, 6.45) is 0. The number of hydrogen-bond donors (Lipinski definition) is 0. The van der Waals surface area contributed by atoms with Gasteiger partial charge < -0.3 is 4.42 Å². The highest BCUT2D eigenvalue weighted by Gasteiger charge is 2.36. The van der Waals surface area contributed by atoms with E-state index in [9.17, 15) is 0 Å². The molecule has 10 rings (SSSR count). The third-order valence-corrected chi connectivity index (χ3v) is 10.1. The Morgan fingerprint density at radius 2 is 1.08 bits per heavy atom. The van der Waals surface area contributed by atoms with Crippen molar-refractivity contribution in [3.63, 3.8) is 0 Å². The van der Waals surface area contributed by atoms with Crippen molar-refractivity contribution in [2.24, 2.45) is 0 Å². The lowest BCUT2D eigenvalue weighted by atomic mass is 9.82. The fourth-order valence-corrected chi connectivity index (χ4v) is 7.69. The van der Waals surface area contributed by atoms with Gasteiger partial charge in [-0.2, -0.15) is 0 Å². The molecule has 7 aromatic carbocycles. The van der Waals surface area contributed by atoms with Gasteiger partial charge in [0.05, 0.1) is 0 Å². The van der Waals surface area contributed by atoms with Crippen LogP contribution in [-0.4, -0.2) is 15.0 Å². The summed E-state index contributed by atoms with van der Waals surface area (Å²) in [4.78, 5) is 15.3. The Morgan fingerprint density at radius 1 is 0.417 bits per heavy atom. The predicted molar refractivity (Wildman–Crippen MR) is 196 cm³/mol. The van der Waals surface area contributed by atoms with Crippen molar-refractivity contribution < 1.29 is 4.42 Å². The molecule has 0 bridgehead atoms. The van der Waals surface area contributed by atoms with Gasteiger partial charge in [0.1, 0.15) is 11.2 Å². The number of furan rings is 1. The van der Waals surface area contributed by atoms with Crippen LogP contribution in [0, 0.1) is 0 Å². The molecule has 4 heteroatoms. The lowest BCUT2D eigenvalue weighted by Gasteiger charge is -2.21. The number of hydrogen-bond acceptors (Lipinski definition) is 4. The van der Waals surface area contributed by atoms with E-state index in [1.165, 1.54) is 33.0 Å². The van der Waals surface area contributed by atoms with Crippen LogP contribution in [-0.2, 0) is 5.41 Å². The molecule has 0 unspecified atom stereocenters. The predicted octanol–water partition coefficient (Wildman–Crippen LogP) is 11.4. The van der Waals surface area contributed by atoms with E-state index >= 15 is 0 Å². The van der Waals surface area contributed by atoms with E-state index in [4.69, 9.17) is 19.4 Å². The van der Waals surface area contributed by atoms with E-state index in [0.717, 1.165) is 49.4 Å². The van der Waals surface area contributed by atoms with Gasteiger partial charge in [0.2, 0.25) is 0 Å². The number of rotatable bonds is 3. The van der Waals surface area contributed by atoms with Crippen molar-refractivity contribution in [1.82, 2.24) is 15.0 Å². The zero-order valence-electron chi connectivity index (χ0n) is 26.5. The van der Waals surface area contributed by atoms with Gasteiger partial charge in [-0.15, -0.1) is 0 Å². The summed E-state index contributed by atoms with van der Waals surface area (Å²) in [5, 5.41) is 6.85. The molecule has 0 aliphatic heterocycles. The van der Waals surface area contributed by atoms with Gasteiger partial charge in [-0.3, -0.25) is 0 Å². The fraction of sp³-hybridized carbons (Fsp3) is 0.0682. The highest BCUT2D eigenvalue weighted by molar-refractivity contribution is 6.13. The zero-order chi connectivity index (χ0) is 32.0. The van der Waals surface area contributed by atoms with Crippen LogP contribution in [0.4, 0.5) is 0 Å². The van der Waals surface area contributed by atoms with E-state index < -0.39 is 0 Å². The van der Waals surface area contributed by atoms with Gasteiger partial charge in [0.25, 0.3) is 0 Å². The van der Waals surface area contributed by atoms with Crippen molar-refractivity contribution in [3.8, 4) is 45.3 Å². The first-order valence-corrected chi connectivity index (χ1v) is 16.4. The lowest BCUT2D eigenvalue weighted by Crippen LogP contribution is -2.14. The molecule has 226 valence electrons. The number of benzene rings is 7. The minimum absolute atomic E-state index is 0.0777. The minimum atomic E-state index is -0.0777. The first-order valence-electron chi connectivity index (χ1n) is 16.4. The second kappa shape index (κ2) is 9.93. The summed E-state index contributed by atoms with van der Waals surface area (Å²) in [5.41, 5.74) is 9.65. The smallest absolute Gasteiger partial charge is 0.164 e. The van der Waals surface area contributed by atoms with Gasteiger partial charge >= 0.3 is 0 Å². The number of aromatic nitrogens is 3. The zero-order valence-corrected chi connectivity index (χ0v) is 26.5. The van der Waals surface area contributed by atoms with Crippen LogP contribution in [0.25, 0.3) is 88.8 Å². The summed E-state index contributed by atoms with van der Waals surface area (Å²) in [5.74, 6) is 1.88. The molecular formula is C44H29N3O. The summed E-state index contributed by atoms with van der Waals surface area (Å²) in [7, 11) is 0. The molecule has 1 aliphatic rings. The highest BCUT2D eigenvalue weighted by atomic mass is 16.3. The largest absolute Gasteiger partial charge is 0.456 e. The molecule has 2 heterocycles. The second-order valence-electron chi connectivity index (χ2n) is 13.2. The molecule has 48 heavy (non-hydrogen) atoms. The van der Waals surface area contributed by atoms with Gasteiger partial charge in [-0.1, -0.05) is 123 Å². The van der Waals surface area contributed by atoms with Crippen LogP contribution in [0.15, 0.2) is 144 Å². The lowest BCUT2D eigenvalue weighted by molar-refractivity contribution is 0.658. The molecule has 0 N–H and O–H groups in total. The van der Waals surface area contributed by atoms with Crippen LogP contribution in [0.5, 0.6) is 0 Å². The third kappa shape index (κ3) is 3.93. The molecule has 2 aromatic heterocycles. The monoisotopic (exact) mass is 615 g/mol. The quantitative estimate of drug-likeness (QED) is 0.186. The molecule has 0 saturated carbocycles.